The predicted octanol–water partition coefficient (Wildman–Crippen LogP) is 3.43. The molecule has 0 amide bonds. The molecule has 0 bridgehead atoms. The predicted molar refractivity (Wildman–Crippen MR) is 83.4 cm³/mol. The third-order valence-corrected chi connectivity index (χ3v) is 4.94. The van der Waals surface area contributed by atoms with Gasteiger partial charge in [0.1, 0.15) is 0 Å². The van der Waals surface area contributed by atoms with Gasteiger partial charge in [-0.25, -0.2) is 4.68 Å². The molecule has 1 aromatic carbocycles. The highest BCUT2D eigenvalue weighted by atomic mass is 79.9. The summed E-state index contributed by atoms with van der Waals surface area (Å²) < 4.78 is 2.99. The van der Waals surface area contributed by atoms with Crippen molar-refractivity contribution in [3.05, 3.63) is 28.2 Å². The Kier molecular flexibility index (Phi) is 4.26. The van der Waals surface area contributed by atoms with Crippen LogP contribution in [-0.2, 0) is 5.75 Å². The van der Waals surface area contributed by atoms with E-state index in [4.69, 9.17) is 5.73 Å². The summed E-state index contributed by atoms with van der Waals surface area (Å²) >= 11 is 5.13. The number of nitrogens with zero attached hydrogens (tertiary/aromatic N) is 4. The highest BCUT2D eigenvalue weighted by molar-refractivity contribution is 9.10. The van der Waals surface area contributed by atoms with E-state index in [1.165, 1.54) is 31.2 Å². The lowest BCUT2D eigenvalue weighted by molar-refractivity contribution is 0.423. The van der Waals surface area contributed by atoms with Gasteiger partial charge in [-0.3, -0.25) is 0 Å². The molecule has 0 aliphatic heterocycles. The highest BCUT2D eigenvalue weighted by Gasteiger charge is 2.21. The molecule has 2 aromatic rings. The van der Waals surface area contributed by atoms with Gasteiger partial charge in [-0.05, 0) is 47.0 Å². The van der Waals surface area contributed by atoms with Crippen LogP contribution in [-0.4, -0.2) is 20.2 Å². The molecule has 1 heterocycles. The number of hydrogen-bond acceptors (Lipinski definition) is 5. The SMILES string of the molecule is Nc1cc(Br)cc(CSc2nnnn2C2CCCC2)c1. The number of rotatable bonds is 4. The van der Waals surface area contributed by atoms with E-state index in [1.54, 1.807) is 11.8 Å². The average molecular weight is 354 g/mol. The fourth-order valence-electron chi connectivity index (χ4n) is 2.57. The van der Waals surface area contributed by atoms with E-state index in [-0.39, 0.29) is 0 Å². The number of nitrogen functional groups attached to an aromatic ring is 1. The van der Waals surface area contributed by atoms with E-state index in [0.717, 1.165) is 21.1 Å². The maximum Gasteiger partial charge on any atom is 0.209 e. The lowest BCUT2D eigenvalue weighted by atomic mass is 10.2. The Morgan fingerprint density at radius 3 is 2.85 bits per heavy atom. The molecule has 7 heteroatoms. The topological polar surface area (TPSA) is 69.6 Å². The minimum Gasteiger partial charge on any atom is -0.399 e. The van der Waals surface area contributed by atoms with Crippen molar-refractivity contribution in [1.29, 1.82) is 0 Å². The first kappa shape index (κ1) is 13.9. The van der Waals surface area contributed by atoms with Crippen LogP contribution in [0.25, 0.3) is 0 Å². The van der Waals surface area contributed by atoms with Crippen molar-refractivity contribution in [3.8, 4) is 0 Å². The standard InChI is InChI=1S/C13H16BrN5S/c14-10-5-9(6-11(15)7-10)8-20-13-16-17-18-19(13)12-3-1-2-4-12/h5-7,12H,1-4,8,15H2. The fourth-order valence-corrected chi connectivity index (χ4v) is 4.00. The lowest BCUT2D eigenvalue weighted by Gasteiger charge is -2.10. The molecular formula is C13H16BrN5S. The second-order valence-electron chi connectivity index (χ2n) is 5.03. The van der Waals surface area contributed by atoms with Gasteiger partial charge in [-0.2, -0.15) is 0 Å². The van der Waals surface area contributed by atoms with E-state index in [9.17, 15) is 0 Å². The number of halogens is 1. The average Bonchev–Trinajstić information content (AvgIpc) is 3.06. The summed E-state index contributed by atoms with van der Waals surface area (Å²) in [6, 6.07) is 6.44. The monoisotopic (exact) mass is 353 g/mol. The Hall–Kier alpha value is -1.08. The third-order valence-electron chi connectivity index (χ3n) is 3.48. The number of anilines is 1. The number of tetrazole rings is 1. The van der Waals surface area contributed by atoms with E-state index in [2.05, 4.69) is 37.5 Å². The number of benzene rings is 1. The van der Waals surface area contributed by atoms with Crippen LogP contribution in [0, 0.1) is 0 Å². The summed E-state index contributed by atoms with van der Waals surface area (Å²) in [4.78, 5) is 0. The molecule has 0 spiro atoms. The number of thioether (sulfide) groups is 1. The van der Waals surface area contributed by atoms with Crippen molar-refractivity contribution in [2.75, 3.05) is 5.73 Å². The van der Waals surface area contributed by atoms with Gasteiger partial charge in [0, 0.05) is 15.9 Å². The van der Waals surface area contributed by atoms with Crippen molar-refractivity contribution < 1.29 is 0 Å². The van der Waals surface area contributed by atoms with Crippen LogP contribution in [0.1, 0.15) is 37.3 Å². The zero-order chi connectivity index (χ0) is 13.9. The Labute approximate surface area is 130 Å². The number of aromatic nitrogens is 4. The van der Waals surface area contributed by atoms with E-state index in [1.807, 2.05) is 16.8 Å². The summed E-state index contributed by atoms with van der Waals surface area (Å²) in [5, 5.41) is 13.0. The molecule has 1 aromatic heterocycles. The van der Waals surface area contributed by atoms with Gasteiger partial charge in [-0.15, -0.1) is 5.10 Å². The molecule has 1 aliphatic rings. The lowest BCUT2D eigenvalue weighted by Crippen LogP contribution is -2.08. The summed E-state index contributed by atoms with van der Waals surface area (Å²) in [6.45, 7) is 0. The van der Waals surface area contributed by atoms with Gasteiger partial charge in [0.05, 0.1) is 6.04 Å². The van der Waals surface area contributed by atoms with Crippen LogP contribution in [0.15, 0.2) is 27.8 Å². The smallest absolute Gasteiger partial charge is 0.209 e. The molecule has 2 N–H and O–H groups in total. The third kappa shape index (κ3) is 3.15. The van der Waals surface area contributed by atoms with Gasteiger partial charge in [-0.1, -0.05) is 40.5 Å². The summed E-state index contributed by atoms with van der Waals surface area (Å²) in [6.07, 6.45) is 4.92. The van der Waals surface area contributed by atoms with E-state index in [0.29, 0.717) is 6.04 Å². The number of hydrogen-bond donors (Lipinski definition) is 1. The van der Waals surface area contributed by atoms with E-state index >= 15 is 0 Å². The molecule has 0 atom stereocenters. The Bertz CT molecular complexity index is 574. The van der Waals surface area contributed by atoms with Gasteiger partial charge in [0.25, 0.3) is 0 Å². The molecule has 0 unspecified atom stereocenters. The van der Waals surface area contributed by atoms with Gasteiger partial charge < -0.3 is 5.73 Å². The quantitative estimate of drug-likeness (QED) is 0.673. The Morgan fingerprint density at radius 1 is 1.30 bits per heavy atom. The first-order chi connectivity index (χ1) is 9.72. The zero-order valence-corrected chi connectivity index (χ0v) is 13.4. The van der Waals surface area contributed by atoms with Crippen LogP contribution < -0.4 is 5.73 Å². The summed E-state index contributed by atoms with van der Waals surface area (Å²) in [5.41, 5.74) is 7.79. The van der Waals surface area contributed by atoms with E-state index < -0.39 is 0 Å². The van der Waals surface area contributed by atoms with Gasteiger partial charge in [0.15, 0.2) is 0 Å². The first-order valence-corrected chi connectivity index (χ1v) is 8.46. The summed E-state index contributed by atoms with van der Waals surface area (Å²) in [5.74, 6) is 0.816. The number of nitrogens with two attached hydrogens (primary N) is 1. The van der Waals surface area contributed by atoms with Crippen LogP contribution in [0.5, 0.6) is 0 Å². The molecule has 106 valence electrons. The molecule has 1 aliphatic carbocycles. The van der Waals surface area contributed by atoms with Crippen molar-refractivity contribution >= 4 is 33.4 Å². The van der Waals surface area contributed by atoms with Gasteiger partial charge >= 0.3 is 0 Å². The molecule has 0 saturated heterocycles. The molecule has 5 nitrogen and oxygen atoms in total. The van der Waals surface area contributed by atoms with Gasteiger partial charge in [0.2, 0.25) is 5.16 Å². The van der Waals surface area contributed by atoms with Crippen molar-refractivity contribution in [2.45, 2.75) is 42.6 Å². The van der Waals surface area contributed by atoms with Crippen molar-refractivity contribution in [2.24, 2.45) is 0 Å². The largest absolute Gasteiger partial charge is 0.399 e. The normalized spacial score (nSPS) is 15.8. The van der Waals surface area contributed by atoms with Crippen molar-refractivity contribution in [1.82, 2.24) is 20.2 Å². The second-order valence-corrected chi connectivity index (χ2v) is 6.88. The molecular weight excluding hydrogens is 338 g/mol. The van der Waals surface area contributed by atoms with Crippen LogP contribution in [0.2, 0.25) is 0 Å². The molecule has 0 radical (unpaired) electrons. The second kappa shape index (κ2) is 6.13. The Balaban J connectivity index is 1.70. The molecule has 1 fully saturated rings. The zero-order valence-electron chi connectivity index (χ0n) is 11.0. The molecule has 20 heavy (non-hydrogen) atoms. The summed E-state index contributed by atoms with van der Waals surface area (Å²) in [7, 11) is 0. The maximum atomic E-state index is 5.85. The first-order valence-electron chi connectivity index (χ1n) is 6.68. The molecule has 1 saturated carbocycles. The van der Waals surface area contributed by atoms with Crippen LogP contribution >= 0.6 is 27.7 Å². The minimum atomic E-state index is 0.472. The molecule has 3 rings (SSSR count). The maximum absolute atomic E-state index is 5.85. The van der Waals surface area contributed by atoms with Crippen LogP contribution in [0.4, 0.5) is 5.69 Å². The Morgan fingerprint density at radius 2 is 2.10 bits per heavy atom. The van der Waals surface area contributed by atoms with Crippen LogP contribution in [0.3, 0.4) is 0 Å². The van der Waals surface area contributed by atoms with Crippen molar-refractivity contribution in [3.63, 3.8) is 0 Å². The highest BCUT2D eigenvalue weighted by Crippen LogP contribution is 2.32. The minimum absolute atomic E-state index is 0.472. The fraction of sp³-hybridized carbons (Fsp3) is 0.462.